The summed E-state index contributed by atoms with van der Waals surface area (Å²) in [6.07, 6.45) is 3.49. The number of fused-ring (bicyclic) bond motifs is 1. The summed E-state index contributed by atoms with van der Waals surface area (Å²) >= 11 is 3.47. The molecule has 0 saturated heterocycles. The summed E-state index contributed by atoms with van der Waals surface area (Å²) in [4.78, 5) is 0. The van der Waals surface area contributed by atoms with E-state index in [0.717, 1.165) is 28.6 Å². The van der Waals surface area contributed by atoms with Crippen molar-refractivity contribution in [3.63, 3.8) is 0 Å². The summed E-state index contributed by atoms with van der Waals surface area (Å²) < 4.78 is 7.47. The van der Waals surface area contributed by atoms with E-state index in [2.05, 4.69) is 43.6 Å². The van der Waals surface area contributed by atoms with Crippen LogP contribution in [-0.2, 0) is 0 Å². The minimum Gasteiger partial charge on any atom is -0.487 e. The molecular formula is C18H25BrO2. The lowest BCUT2D eigenvalue weighted by molar-refractivity contribution is -0.104. The minimum atomic E-state index is -0.434. The number of aliphatic hydroxyl groups is 1. The van der Waals surface area contributed by atoms with Crippen molar-refractivity contribution in [2.45, 2.75) is 65.1 Å². The second-order valence-electron chi connectivity index (χ2n) is 8.55. The lowest BCUT2D eigenvalue weighted by atomic mass is 9.58. The maximum atomic E-state index is 10.6. The second-order valence-corrected chi connectivity index (χ2v) is 9.46. The van der Waals surface area contributed by atoms with Gasteiger partial charge in [0.15, 0.2) is 0 Å². The Morgan fingerprint density at radius 2 is 1.71 bits per heavy atom. The Morgan fingerprint density at radius 3 is 2.33 bits per heavy atom. The maximum absolute atomic E-state index is 10.6. The SMILES string of the molecule is CC1(C)CC(C)(C)CC2(CC(O)c3cc(Br)ccc3O2)C1. The molecule has 1 spiro atoms. The molecule has 2 aliphatic rings. The van der Waals surface area contributed by atoms with E-state index in [1.54, 1.807) is 0 Å². The van der Waals surface area contributed by atoms with Gasteiger partial charge in [-0.05, 0) is 48.3 Å². The molecule has 1 aliphatic heterocycles. The summed E-state index contributed by atoms with van der Waals surface area (Å²) in [5.74, 6) is 0.852. The van der Waals surface area contributed by atoms with Crippen molar-refractivity contribution >= 4 is 15.9 Å². The van der Waals surface area contributed by atoms with Crippen LogP contribution in [0.2, 0.25) is 0 Å². The number of ether oxygens (including phenoxy) is 1. The average Bonchev–Trinajstić information content (AvgIpc) is 2.25. The quantitative estimate of drug-likeness (QED) is 0.691. The van der Waals surface area contributed by atoms with Gasteiger partial charge in [0.05, 0.1) is 6.10 Å². The van der Waals surface area contributed by atoms with Gasteiger partial charge in [-0.3, -0.25) is 0 Å². The van der Waals surface area contributed by atoms with Gasteiger partial charge in [0.1, 0.15) is 11.4 Å². The highest BCUT2D eigenvalue weighted by atomic mass is 79.9. The molecule has 1 N–H and O–H groups in total. The third kappa shape index (κ3) is 3.00. The molecule has 1 aliphatic carbocycles. The van der Waals surface area contributed by atoms with E-state index in [1.807, 2.05) is 18.2 Å². The predicted molar refractivity (Wildman–Crippen MR) is 88.5 cm³/mol. The first-order valence-corrected chi connectivity index (χ1v) is 8.56. The zero-order chi connectivity index (χ0) is 15.5. The van der Waals surface area contributed by atoms with Crippen LogP contribution in [0, 0.1) is 10.8 Å². The molecule has 1 heterocycles. The highest BCUT2D eigenvalue weighted by Crippen LogP contribution is 2.56. The first kappa shape index (κ1) is 15.4. The average molecular weight is 353 g/mol. The van der Waals surface area contributed by atoms with Crippen LogP contribution in [0.4, 0.5) is 0 Å². The molecule has 1 fully saturated rings. The van der Waals surface area contributed by atoms with Crippen LogP contribution in [0.1, 0.15) is 65.0 Å². The largest absolute Gasteiger partial charge is 0.487 e. The number of rotatable bonds is 0. The summed E-state index contributed by atoms with van der Waals surface area (Å²) in [5, 5.41) is 10.6. The van der Waals surface area contributed by atoms with E-state index in [-0.39, 0.29) is 16.4 Å². The van der Waals surface area contributed by atoms with Gasteiger partial charge in [-0.2, -0.15) is 0 Å². The van der Waals surface area contributed by atoms with Crippen LogP contribution in [-0.4, -0.2) is 10.7 Å². The van der Waals surface area contributed by atoms with E-state index in [9.17, 15) is 5.11 Å². The number of hydrogen-bond donors (Lipinski definition) is 1. The lowest BCUT2D eigenvalue weighted by Crippen LogP contribution is -2.52. The zero-order valence-corrected chi connectivity index (χ0v) is 15.0. The summed E-state index contributed by atoms with van der Waals surface area (Å²) in [6, 6.07) is 5.95. The van der Waals surface area contributed by atoms with Crippen molar-refractivity contribution in [2.24, 2.45) is 10.8 Å². The van der Waals surface area contributed by atoms with Crippen LogP contribution < -0.4 is 4.74 Å². The molecule has 1 saturated carbocycles. The highest BCUT2D eigenvalue weighted by Gasteiger charge is 2.51. The fourth-order valence-electron chi connectivity index (χ4n) is 5.05. The van der Waals surface area contributed by atoms with E-state index in [1.165, 1.54) is 6.42 Å². The molecule has 0 amide bonds. The predicted octanol–water partition coefficient (Wildman–Crippen LogP) is 5.24. The standard InChI is InChI=1S/C18H25BrO2/c1-16(2)9-17(3,4)11-18(10-16)8-14(20)13-7-12(19)5-6-15(13)21-18/h5-7,14,20H,8-11H2,1-4H3. The first-order chi connectivity index (χ1) is 9.60. The zero-order valence-electron chi connectivity index (χ0n) is 13.4. The van der Waals surface area contributed by atoms with Crippen LogP contribution in [0.5, 0.6) is 5.75 Å². The smallest absolute Gasteiger partial charge is 0.126 e. The number of aliphatic hydroxyl groups excluding tert-OH is 1. The molecule has 3 rings (SSSR count). The topological polar surface area (TPSA) is 29.5 Å². The molecule has 0 aromatic heterocycles. The van der Waals surface area contributed by atoms with Gasteiger partial charge in [-0.25, -0.2) is 0 Å². The fourth-order valence-corrected chi connectivity index (χ4v) is 5.43. The van der Waals surface area contributed by atoms with Crippen LogP contribution in [0.15, 0.2) is 22.7 Å². The lowest BCUT2D eigenvalue weighted by Gasteiger charge is -2.54. The summed E-state index contributed by atoms with van der Waals surface area (Å²) in [5.41, 5.74) is 1.17. The van der Waals surface area contributed by atoms with Crippen molar-refractivity contribution in [3.05, 3.63) is 28.2 Å². The van der Waals surface area contributed by atoms with Crippen molar-refractivity contribution in [2.75, 3.05) is 0 Å². The summed E-state index contributed by atoms with van der Waals surface area (Å²) in [6.45, 7) is 9.29. The maximum Gasteiger partial charge on any atom is 0.126 e. The summed E-state index contributed by atoms with van der Waals surface area (Å²) in [7, 11) is 0. The molecule has 2 nitrogen and oxygen atoms in total. The van der Waals surface area contributed by atoms with Gasteiger partial charge in [0, 0.05) is 16.5 Å². The van der Waals surface area contributed by atoms with Crippen LogP contribution in [0.25, 0.3) is 0 Å². The van der Waals surface area contributed by atoms with E-state index >= 15 is 0 Å². The van der Waals surface area contributed by atoms with Gasteiger partial charge >= 0.3 is 0 Å². The third-order valence-corrected chi connectivity index (χ3v) is 5.27. The van der Waals surface area contributed by atoms with E-state index in [0.29, 0.717) is 6.42 Å². The van der Waals surface area contributed by atoms with Crippen molar-refractivity contribution in [3.8, 4) is 5.75 Å². The number of benzene rings is 1. The molecule has 1 aromatic rings. The first-order valence-electron chi connectivity index (χ1n) is 7.77. The third-order valence-electron chi connectivity index (χ3n) is 4.78. The molecule has 1 unspecified atom stereocenters. The molecule has 3 heteroatoms. The molecule has 21 heavy (non-hydrogen) atoms. The monoisotopic (exact) mass is 352 g/mol. The Kier molecular flexibility index (Phi) is 3.46. The number of halogens is 1. The molecule has 0 radical (unpaired) electrons. The Bertz CT molecular complexity index is 546. The van der Waals surface area contributed by atoms with Gasteiger partial charge in [0.25, 0.3) is 0 Å². The molecule has 116 valence electrons. The van der Waals surface area contributed by atoms with Crippen molar-refractivity contribution < 1.29 is 9.84 Å². The minimum absolute atomic E-state index is 0.231. The van der Waals surface area contributed by atoms with Crippen LogP contribution in [0.3, 0.4) is 0 Å². The van der Waals surface area contributed by atoms with Gasteiger partial charge < -0.3 is 9.84 Å². The van der Waals surface area contributed by atoms with Gasteiger partial charge in [-0.15, -0.1) is 0 Å². The molecule has 1 atom stereocenters. The highest BCUT2D eigenvalue weighted by molar-refractivity contribution is 9.10. The molecule has 0 bridgehead atoms. The Morgan fingerprint density at radius 1 is 1.10 bits per heavy atom. The van der Waals surface area contributed by atoms with Gasteiger partial charge in [0.2, 0.25) is 0 Å². The Hall–Kier alpha value is -0.540. The van der Waals surface area contributed by atoms with E-state index < -0.39 is 6.10 Å². The molecular weight excluding hydrogens is 328 g/mol. The second kappa shape index (κ2) is 4.73. The normalized spacial score (nSPS) is 28.8. The number of hydrogen-bond acceptors (Lipinski definition) is 2. The van der Waals surface area contributed by atoms with E-state index in [4.69, 9.17) is 4.74 Å². The van der Waals surface area contributed by atoms with Crippen molar-refractivity contribution in [1.29, 1.82) is 0 Å². The van der Waals surface area contributed by atoms with Crippen molar-refractivity contribution in [1.82, 2.24) is 0 Å². The molecule has 1 aromatic carbocycles. The van der Waals surface area contributed by atoms with Crippen LogP contribution >= 0.6 is 15.9 Å². The Balaban J connectivity index is 1.99. The Labute approximate surface area is 136 Å². The van der Waals surface area contributed by atoms with Gasteiger partial charge in [-0.1, -0.05) is 43.6 Å². The fraction of sp³-hybridized carbons (Fsp3) is 0.667.